The molecule has 1 saturated heterocycles. The second kappa shape index (κ2) is 8.57. The fraction of sp³-hybridized carbons (Fsp3) is 0.688. The summed E-state index contributed by atoms with van der Waals surface area (Å²) < 4.78 is 5.80. The molecule has 2 heterocycles. The van der Waals surface area contributed by atoms with E-state index in [2.05, 4.69) is 29.2 Å². The number of aromatic nitrogens is 1. The molecule has 1 aliphatic heterocycles. The van der Waals surface area contributed by atoms with E-state index < -0.39 is 0 Å². The van der Waals surface area contributed by atoms with Crippen molar-refractivity contribution in [2.24, 2.45) is 0 Å². The van der Waals surface area contributed by atoms with Crippen LogP contribution in [0.15, 0.2) is 12.1 Å². The lowest BCUT2D eigenvalue weighted by molar-refractivity contribution is 0.0215. The van der Waals surface area contributed by atoms with Crippen LogP contribution in [0.1, 0.15) is 38.3 Å². The van der Waals surface area contributed by atoms with Crippen LogP contribution in [0.4, 0.5) is 5.82 Å². The van der Waals surface area contributed by atoms with Gasteiger partial charge in [0.25, 0.3) is 0 Å². The van der Waals surface area contributed by atoms with Gasteiger partial charge in [-0.05, 0) is 44.4 Å². The van der Waals surface area contributed by atoms with Crippen LogP contribution < -0.4 is 10.2 Å². The summed E-state index contributed by atoms with van der Waals surface area (Å²) in [6.07, 6.45) is 5.02. The summed E-state index contributed by atoms with van der Waals surface area (Å²) in [6.45, 7) is 5.62. The topological polar surface area (TPSA) is 37.4 Å². The number of hydrogen-bond acceptors (Lipinski definition) is 4. The number of hydrogen-bond donors (Lipinski definition) is 1. The van der Waals surface area contributed by atoms with E-state index in [0.29, 0.717) is 12.6 Å². The summed E-state index contributed by atoms with van der Waals surface area (Å²) in [5.74, 6) is 0.960. The Hall–Kier alpha value is -0.840. The Morgan fingerprint density at radius 2 is 2.29 bits per heavy atom. The molecule has 0 saturated carbocycles. The van der Waals surface area contributed by atoms with Crippen LogP contribution in [0.5, 0.6) is 0 Å². The van der Waals surface area contributed by atoms with E-state index in [1.54, 1.807) is 0 Å². The Balaban J connectivity index is 1.95. The van der Waals surface area contributed by atoms with Crippen molar-refractivity contribution in [2.75, 3.05) is 31.6 Å². The zero-order valence-electron chi connectivity index (χ0n) is 13.1. The number of pyridine rings is 1. The fourth-order valence-corrected chi connectivity index (χ4v) is 2.72. The Morgan fingerprint density at radius 1 is 1.43 bits per heavy atom. The molecule has 5 heteroatoms. The van der Waals surface area contributed by atoms with Gasteiger partial charge in [0.1, 0.15) is 5.82 Å². The lowest BCUT2D eigenvalue weighted by Gasteiger charge is -2.28. The summed E-state index contributed by atoms with van der Waals surface area (Å²) >= 11 is 6.23. The highest BCUT2D eigenvalue weighted by Gasteiger charge is 2.17. The minimum atomic E-state index is 0.322. The third-order valence-corrected chi connectivity index (χ3v) is 4.11. The van der Waals surface area contributed by atoms with Gasteiger partial charge in [0.2, 0.25) is 0 Å². The molecule has 21 heavy (non-hydrogen) atoms. The quantitative estimate of drug-likeness (QED) is 0.784. The zero-order valence-corrected chi connectivity index (χ0v) is 13.8. The molecule has 2 rings (SSSR count). The normalized spacial score (nSPS) is 18.7. The van der Waals surface area contributed by atoms with Crippen LogP contribution in [0.25, 0.3) is 0 Å². The van der Waals surface area contributed by atoms with Gasteiger partial charge < -0.3 is 15.0 Å². The maximum absolute atomic E-state index is 6.23. The molecule has 1 aromatic heterocycles. The first-order valence-electron chi connectivity index (χ1n) is 7.89. The summed E-state index contributed by atoms with van der Waals surface area (Å²) in [4.78, 5) is 6.85. The highest BCUT2D eigenvalue weighted by Crippen LogP contribution is 2.20. The van der Waals surface area contributed by atoms with Gasteiger partial charge >= 0.3 is 0 Å². The van der Waals surface area contributed by atoms with E-state index in [1.165, 1.54) is 12.8 Å². The Kier molecular flexibility index (Phi) is 6.74. The van der Waals surface area contributed by atoms with Gasteiger partial charge in [-0.25, -0.2) is 4.98 Å². The number of nitrogens with zero attached hydrogens (tertiary/aromatic N) is 2. The zero-order chi connectivity index (χ0) is 15.1. The first kappa shape index (κ1) is 16.5. The molecule has 1 N–H and O–H groups in total. The van der Waals surface area contributed by atoms with Gasteiger partial charge in [-0.1, -0.05) is 18.5 Å². The van der Waals surface area contributed by atoms with Crippen LogP contribution in [-0.2, 0) is 11.3 Å². The largest absolute Gasteiger partial charge is 0.376 e. The van der Waals surface area contributed by atoms with Crippen LogP contribution in [0.3, 0.4) is 0 Å². The second-order valence-electron chi connectivity index (χ2n) is 5.64. The predicted octanol–water partition coefficient (Wildman–Crippen LogP) is 3.24. The molecule has 1 unspecified atom stereocenters. The highest BCUT2D eigenvalue weighted by molar-refractivity contribution is 6.31. The number of nitrogens with one attached hydrogen (secondary N) is 1. The van der Waals surface area contributed by atoms with Crippen LogP contribution in [-0.4, -0.2) is 37.8 Å². The van der Waals surface area contributed by atoms with Crippen molar-refractivity contribution in [1.29, 1.82) is 0 Å². The Bertz CT molecular complexity index is 436. The molecule has 0 bridgehead atoms. The molecule has 1 aromatic rings. The molecule has 0 amide bonds. The molecule has 0 aliphatic carbocycles. The van der Waals surface area contributed by atoms with Gasteiger partial charge in [-0.2, -0.15) is 0 Å². The first-order chi connectivity index (χ1) is 10.2. The number of rotatable bonds is 7. The smallest absolute Gasteiger partial charge is 0.128 e. The lowest BCUT2D eigenvalue weighted by atomic mass is 10.1. The summed E-state index contributed by atoms with van der Waals surface area (Å²) in [5, 5.41) is 4.08. The third kappa shape index (κ3) is 5.13. The Morgan fingerprint density at radius 3 is 3.00 bits per heavy atom. The maximum Gasteiger partial charge on any atom is 0.128 e. The maximum atomic E-state index is 6.23. The molecule has 0 radical (unpaired) electrons. The molecular formula is C16H26ClN3O. The van der Waals surface area contributed by atoms with Crippen molar-refractivity contribution < 1.29 is 4.74 Å². The molecule has 1 fully saturated rings. The van der Waals surface area contributed by atoms with Gasteiger partial charge in [-0.3, -0.25) is 0 Å². The molecule has 1 atom stereocenters. The van der Waals surface area contributed by atoms with Gasteiger partial charge in [0.05, 0.1) is 16.8 Å². The summed E-state index contributed by atoms with van der Waals surface area (Å²) in [6, 6.07) is 3.92. The average molecular weight is 312 g/mol. The van der Waals surface area contributed by atoms with Crippen molar-refractivity contribution in [1.82, 2.24) is 10.3 Å². The van der Waals surface area contributed by atoms with Gasteiger partial charge in [0.15, 0.2) is 0 Å². The van der Waals surface area contributed by atoms with E-state index in [0.717, 1.165) is 49.1 Å². The van der Waals surface area contributed by atoms with Crippen molar-refractivity contribution in [3.05, 3.63) is 22.8 Å². The molecule has 118 valence electrons. The molecule has 1 aliphatic rings. The third-order valence-electron chi connectivity index (χ3n) is 3.77. The number of ether oxygens (including phenoxy) is 1. The SMILES string of the molecule is CCCNCc1nc(N(C)CC2CCCCO2)ccc1Cl. The first-order valence-corrected chi connectivity index (χ1v) is 8.27. The second-order valence-corrected chi connectivity index (χ2v) is 6.05. The van der Waals surface area contributed by atoms with E-state index in [-0.39, 0.29) is 0 Å². The highest BCUT2D eigenvalue weighted by atomic mass is 35.5. The fourth-order valence-electron chi connectivity index (χ4n) is 2.54. The summed E-state index contributed by atoms with van der Waals surface area (Å²) in [7, 11) is 2.07. The number of halogens is 1. The van der Waals surface area contributed by atoms with E-state index in [9.17, 15) is 0 Å². The average Bonchev–Trinajstić information content (AvgIpc) is 2.50. The van der Waals surface area contributed by atoms with Crippen LogP contribution in [0.2, 0.25) is 5.02 Å². The minimum absolute atomic E-state index is 0.322. The number of likely N-dealkylation sites (N-methyl/N-ethyl adjacent to an activating group) is 1. The minimum Gasteiger partial charge on any atom is -0.376 e. The predicted molar refractivity (Wildman–Crippen MR) is 88.1 cm³/mol. The van der Waals surface area contributed by atoms with E-state index in [4.69, 9.17) is 16.3 Å². The van der Waals surface area contributed by atoms with Crippen molar-refractivity contribution in [3.8, 4) is 0 Å². The molecule has 0 spiro atoms. The molecule has 0 aromatic carbocycles. The van der Waals surface area contributed by atoms with E-state index >= 15 is 0 Å². The van der Waals surface area contributed by atoms with Crippen LogP contribution >= 0.6 is 11.6 Å². The van der Waals surface area contributed by atoms with Gasteiger partial charge in [-0.15, -0.1) is 0 Å². The molecular weight excluding hydrogens is 286 g/mol. The number of anilines is 1. The monoisotopic (exact) mass is 311 g/mol. The standard InChI is InChI=1S/C16H26ClN3O/c1-3-9-18-11-15-14(17)7-8-16(19-15)20(2)12-13-6-4-5-10-21-13/h7-8,13,18H,3-6,9-12H2,1-2H3. The van der Waals surface area contributed by atoms with Crippen molar-refractivity contribution in [3.63, 3.8) is 0 Å². The van der Waals surface area contributed by atoms with Crippen molar-refractivity contribution in [2.45, 2.75) is 45.3 Å². The van der Waals surface area contributed by atoms with Gasteiger partial charge in [0, 0.05) is 26.7 Å². The van der Waals surface area contributed by atoms with Crippen molar-refractivity contribution >= 4 is 17.4 Å². The lowest BCUT2D eigenvalue weighted by Crippen LogP contribution is -2.34. The Labute approximate surface area is 132 Å². The summed E-state index contributed by atoms with van der Waals surface area (Å²) in [5.41, 5.74) is 0.916. The van der Waals surface area contributed by atoms with E-state index in [1.807, 2.05) is 12.1 Å². The molecule has 4 nitrogen and oxygen atoms in total. The van der Waals surface area contributed by atoms with Crippen LogP contribution in [0, 0.1) is 0 Å².